The van der Waals surface area contributed by atoms with Gasteiger partial charge in [0.15, 0.2) is 11.0 Å². The van der Waals surface area contributed by atoms with Crippen molar-refractivity contribution in [2.24, 2.45) is 0 Å². The second kappa shape index (κ2) is 9.32. The van der Waals surface area contributed by atoms with Crippen molar-refractivity contribution >= 4 is 35.0 Å². The number of nitrogens with zero attached hydrogens (tertiary/aromatic N) is 4. The summed E-state index contributed by atoms with van der Waals surface area (Å²) in [6.45, 7) is 4.01. The Morgan fingerprint density at radius 2 is 1.77 bits per heavy atom. The largest absolute Gasteiger partial charge is 0.325 e. The normalized spacial score (nSPS) is 10.8. The summed E-state index contributed by atoms with van der Waals surface area (Å²) >= 11 is 7.37. The number of hydrogen-bond acceptors (Lipinski definition) is 5. The van der Waals surface area contributed by atoms with Crippen LogP contribution in [-0.4, -0.2) is 31.4 Å². The third kappa shape index (κ3) is 5.13. The third-order valence-electron chi connectivity index (χ3n) is 4.45. The highest BCUT2D eigenvalue weighted by Crippen LogP contribution is 2.28. The summed E-state index contributed by atoms with van der Waals surface area (Å²) in [5.41, 5.74) is 4.52. The molecule has 0 unspecified atom stereocenters. The number of benzene rings is 2. The summed E-state index contributed by atoms with van der Waals surface area (Å²) in [6.07, 6.45) is 1.71. The van der Waals surface area contributed by atoms with Gasteiger partial charge in [-0.2, -0.15) is 0 Å². The van der Waals surface area contributed by atoms with E-state index in [0.717, 1.165) is 22.5 Å². The van der Waals surface area contributed by atoms with E-state index < -0.39 is 0 Å². The minimum atomic E-state index is -0.111. The second-order valence-electron chi connectivity index (χ2n) is 7.05. The summed E-state index contributed by atoms with van der Waals surface area (Å²) in [6, 6.07) is 19.0. The van der Waals surface area contributed by atoms with Gasteiger partial charge in [-0.1, -0.05) is 35.5 Å². The van der Waals surface area contributed by atoms with E-state index in [4.69, 9.17) is 11.6 Å². The highest BCUT2D eigenvalue weighted by molar-refractivity contribution is 7.99. The van der Waals surface area contributed by atoms with Gasteiger partial charge in [0.2, 0.25) is 5.91 Å². The fourth-order valence-electron chi connectivity index (χ4n) is 3.22. The van der Waals surface area contributed by atoms with Gasteiger partial charge in [-0.3, -0.25) is 14.3 Å². The minimum absolute atomic E-state index is 0.111. The molecule has 2 aromatic carbocycles. The molecule has 0 spiro atoms. The van der Waals surface area contributed by atoms with Crippen molar-refractivity contribution in [1.82, 2.24) is 19.7 Å². The van der Waals surface area contributed by atoms with Crippen LogP contribution >= 0.6 is 23.4 Å². The lowest BCUT2D eigenvalue weighted by Gasteiger charge is -2.11. The van der Waals surface area contributed by atoms with Gasteiger partial charge in [0.05, 0.1) is 5.75 Å². The predicted octanol–water partition coefficient (Wildman–Crippen LogP) is 5.33. The summed E-state index contributed by atoms with van der Waals surface area (Å²) in [4.78, 5) is 17.0. The first kappa shape index (κ1) is 21.1. The number of rotatable bonds is 6. The number of nitrogens with one attached hydrogen (secondary N) is 1. The van der Waals surface area contributed by atoms with Crippen LogP contribution in [0.25, 0.3) is 17.2 Å². The molecule has 4 rings (SSSR count). The lowest BCUT2D eigenvalue weighted by atomic mass is 10.1. The number of hydrogen-bond donors (Lipinski definition) is 1. The molecule has 0 saturated heterocycles. The average molecular weight is 450 g/mol. The van der Waals surface area contributed by atoms with E-state index in [-0.39, 0.29) is 11.7 Å². The number of carbonyl (C=O) groups is 1. The van der Waals surface area contributed by atoms with Crippen LogP contribution in [0.1, 0.15) is 11.1 Å². The first-order chi connectivity index (χ1) is 15.0. The van der Waals surface area contributed by atoms with Crippen LogP contribution in [-0.2, 0) is 4.79 Å². The van der Waals surface area contributed by atoms with Gasteiger partial charge in [0.1, 0.15) is 5.69 Å². The first-order valence-corrected chi connectivity index (χ1v) is 11.0. The SMILES string of the molecule is Cc1cc(C)cc(NC(=O)CSc2nnc(-c3ccccn3)n2-c2ccc(Cl)cc2)c1. The van der Waals surface area contributed by atoms with Gasteiger partial charge < -0.3 is 5.32 Å². The highest BCUT2D eigenvalue weighted by Gasteiger charge is 2.18. The first-order valence-electron chi connectivity index (χ1n) is 9.63. The number of halogens is 1. The van der Waals surface area contributed by atoms with Crippen LogP contribution in [0.15, 0.2) is 72.0 Å². The molecule has 1 amide bonds. The predicted molar refractivity (Wildman–Crippen MR) is 125 cm³/mol. The number of aromatic nitrogens is 4. The Bertz CT molecular complexity index is 1190. The summed E-state index contributed by atoms with van der Waals surface area (Å²) < 4.78 is 1.88. The van der Waals surface area contributed by atoms with Crippen molar-refractivity contribution in [1.29, 1.82) is 0 Å². The maximum Gasteiger partial charge on any atom is 0.234 e. The molecule has 0 fully saturated rings. The van der Waals surface area contributed by atoms with Crippen molar-refractivity contribution in [3.8, 4) is 17.2 Å². The Kier molecular flexibility index (Phi) is 6.34. The zero-order chi connectivity index (χ0) is 21.8. The minimum Gasteiger partial charge on any atom is -0.325 e. The van der Waals surface area contributed by atoms with Gasteiger partial charge in [-0.25, -0.2) is 0 Å². The number of thioether (sulfide) groups is 1. The molecule has 0 bridgehead atoms. The molecule has 8 heteroatoms. The summed E-state index contributed by atoms with van der Waals surface area (Å²) in [5.74, 6) is 0.682. The Morgan fingerprint density at radius 3 is 2.45 bits per heavy atom. The summed E-state index contributed by atoms with van der Waals surface area (Å²) in [7, 11) is 0. The van der Waals surface area contributed by atoms with Gasteiger partial charge in [-0.15, -0.1) is 10.2 Å². The molecule has 0 aliphatic rings. The van der Waals surface area contributed by atoms with E-state index in [0.29, 0.717) is 21.7 Å². The number of anilines is 1. The van der Waals surface area contributed by atoms with Gasteiger partial charge in [0.25, 0.3) is 0 Å². The lowest BCUT2D eigenvalue weighted by Crippen LogP contribution is -2.14. The molecule has 0 aliphatic heterocycles. The number of pyridine rings is 1. The van der Waals surface area contributed by atoms with Crippen LogP contribution in [0, 0.1) is 13.8 Å². The van der Waals surface area contributed by atoms with Crippen LogP contribution in [0.4, 0.5) is 5.69 Å². The van der Waals surface area contributed by atoms with Crippen molar-refractivity contribution in [2.75, 3.05) is 11.1 Å². The van der Waals surface area contributed by atoms with Crippen molar-refractivity contribution in [2.45, 2.75) is 19.0 Å². The molecule has 0 atom stereocenters. The van der Waals surface area contributed by atoms with Crippen molar-refractivity contribution < 1.29 is 4.79 Å². The topological polar surface area (TPSA) is 72.7 Å². The second-order valence-corrected chi connectivity index (χ2v) is 8.43. The molecular weight excluding hydrogens is 430 g/mol. The molecule has 31 heavy (non-hydrogen) atoms. The molecule has 0 radical (unpaired) electrons. The fourth-order valence-corrected chi connectivity index (χ4v) is 4.10. The van der Waals surface area contributed by atoms with Gasteiger partial charge in [-0.05, 0) is 73.5 Å². The molecule has 2 aromatic heterocycles. The Morgan fingerprint density at radius 1 is 1.03 bits per heavy atom. The third-order valence-corrected chi connectivity index (χ3v) is 5.63. The van der Waals surface area contributed by atoms with Gasteiger partial charge in [0, 0.05) is 22.6 Å². The smallest absolute Gasteiger partial charge is 0.234 e. The molecule has 1 N–H and O–H groups in total. The number of aryl methyl sites for hydroxylation is 2. The molecule has 6 nitrogen and oxygen atoms in total. The lowest BCUT2D eigenvalue weighted by molar-refractivity contribution is -0.113. The average Bonchev–Trinajstić information content (AvgIpc) is 3.17. The van der Waals surface area contributed by atoms with E-state index in [1.54, 1.807) is 18.3 Å². The zero-order valence-electron chi connectivity index (χ0n) is 17.0. The Balaban J connectivity index is 1.58. The van der Waals surface area contributed by atoms with Crippen LogP contribution in [0.3, 0.4) is 0 Å². The molecule has 156 valence electrons. The number of amides is 1. The van der Waals surface area contributed by atoms with Crippen LogP contribution in [0.5, 0.6) is 0 Å². The van der Waals surface area contributed by atoms with Crippen molar-refractivity contribution in [3.05, 3.63) is 83.0 Å². The zero-order valence-corrected chi connectivity index (χ0v) is 18.6. The fraction of sp³-hybridized carbons (Fsp3) is 0.130. The quantitative estimate of drug-likeness (QED) is 0.403. The van der Waals surface area contributed by atoms with E-state index >= 15 is 0 Å². The van der Waals surface area contributed by atoms with E-state index in [2.05, 4.69) is 26.6 Å². The van der Waals surface area contributed by atoms with Crippen molar-refractivity contribution in [3.63, 3.8) is 0 Å². The maximum atomic E-state index is 12.6. The van der Waals surface area contributed by atoms with E-state index in [1.807, 2.05) is 60.9 Å². The van der Waals surface area contributed by atoms with E-state index in [9.17, 15) is 4.79 Å². The maximum absolute atomic E-state index is 12.6. The van der Waals surface area contributed by atoms with Crippen LogP contribution in [0.2, 0.25) is 5.02 Å². The summed E-state index contributed by atoms with van der Waals surface area (Å²) in [5, 5.41) is 12.8. The molecule has 0 saturated carbocycles. The monoisotopic (exact) mass is 449 g/mol. The molecular formula is C23H20ClN5OS. The Hall–Kier alpha value is -3.16. The highest BCUT2D eigenvalue weighted by atomic mass is 35.5. The molecule has 0 aliphatic carbocycles. The van der Waals surface area contributed by atoms with E-state index in [1.165, 1.54) is 11.8 Å². The molecule has 4 aromatic rings. The standard InChI is InChI=1S/C23H20ClN5OS/c1-15-11-16(2)13-18(12-15)26-21(30)14-31-23-28-27-22(20-5-3-4-10-25-20)29(23)19-8-6-17(24)7-9-19/h3-13H,14H2,1-2H3,(H,26,30). The Labute approximate surface area is 189 Å². The number of carbonyl (C=O) groups excluding carboxylic acids is 1. The van der Waals surface area contributed by atoms with Gasteiger partial charge >= 0.3 is 0 Å². The van der Waals surface area contributed by atoms with Crippen LogP contribution < -0.4 is 5.32 Å². The molecule has 2 heterocycles.